The summed E-state index contributed by atoms with van der Waals surface area (Å²) in [5.41, 5.74) is 0. The van der Waals surface area contributed by atoms with E-state index < -0.39 is 78.5 Å². The number of carbonyl (C=O) groups is 1. The van der Waals surface area contributed by atoms with E-state index in [4.69, 9.17) is 14.0 Å². The molecule has 0 aromatic rings. The lowest BCUT2D eigenvalue weighted by molar-refractivity contribution is -0.298. The first kappa shape index (κ1) is 50.8. The molecule has 1 saturated heterocycles. The molecule has 54 heavy (non-hydrogen) atoms. The Labute approximate surface area is 326 Å². The largest absolute Gasteiger partial charge is 0.397 e. The summed E-state index contributed by atoms with van der Waals surface area (Å²) in [4.78, 5) is 13.0. The van der Waals surface area contributed by atoms with Crippen molar-refractivity contribution in [1.29, 1.82) is 0 Å². The summed E-state index contributed by atoms with van der Waals surface area (Å²) in [6.45, 7) is 3.07. The minimum atomic E-state index is -5.10. The van der Waals surface area contributed by atoms with Crippen LogP contribution >= 0.6 is 0 Å². The Kier molecular flexibility index (Phi) is 30.0. The van der Waals surface area contributed by atoms with E-state index in [1.807, 2.05) is 0 Å². The van der Waals surface area contributed by atoms with Crippen LogP contribution in [0.15, 0.2) is 12.2 Å². The van der Waals surface area contributed by atoms with Gasteiger partial charge in [-0.05, 0) is 19.3 Å². The maximum absolute atomic E-state index is 13.0. The Morgan fingerprint density at radius 2 is 1.20 bits per heavy atom. The van der Waals surface area contributed by atoms with E-state index in [2.05, 4.69) is 23.3 Å². The lowest BCUT2D eigenvalue weighted by Crippen LogP contribution is -2.61. The molecule has 7 N–H and O–H groups in total. The van der Waals surface area contributed by atoms with E-state index in [9.17, 15) is 38.7 Å². The molecule has 1 aliphatic heterocycles. The molecule has 1 heterocycles. The van der Waals surface area contributed by atoms with Gasteiger partial charge in [-0.3, -0.25) is 9.35 Å². The lowest BCUT2D eigenvalue weighted by atomic mass is 9.99. The Morgan fingerprint density at radius 1 is 0.741 bits per heavy atom. The minimum absolute atomic E-state index is 0.247. The predicted molar refractivity (Wildman–Crippen MR) is 210 cm³/mol. The highest BCUT2D eigenvalue weighted by atomic mass is 32.3. The van der Waals surface area contributed by atoms with Gasteiger partial charge in [0.15, 0.2) is 6.29 Å². The SMILES string of the molecule is CCCCC/C=C/C(O)C(COC1OC(CO)C(O)C(OS(=O)(=O)O)C1O)NC(=O)C(O)CCCCCCCCCCCCCCCCCCCCCC. The van der Waals surface area contributed by atoms with E-state index in [0.29, 0.717) is 12.8 Å². The number of hydrogen-bond donors (Lipinski definition) is 7. The molecule has 0 bridgehead atoms. The fourth-order valence-corrected chi connectivity index (χ4v) is 7.26. The molecule has 1 fully saturated rings. The van der Waals surface area contributed by atoms with Crippen molar-refractivity contribution in [2.75, 3.05) is 13.2 Å². The van der Waals surface area contributed by atoms with Crippen molar-refractivity contribution in [1.82, 2.24) is 5.32 Å². The molecular weight excluding hydrogens is 719 g/mol. The zero-order valence-corrected chi connectivity index (χ0v) is 34.2. The summed E-state index contributed by atoms with van der Waals surface area (Å²) in [6, 6.07) is -1.11. The zero-order valence-electron chi connectivity index (χ0n) is 33.4. The van der Waals surface area contributed by atoms with Crippen LogP contribution in [0, 0.1) is 0 Å². The molecule has 1 rings (SSSR count). The average molecular weight is 796 g/mol. The predicted octanol–water partition coefficient (Wildman–Crippen LogP) is 6.19. The second kappa shape index (κ2) is 31.8. The molecular formula is C40H77NO12S. The van der Waals surface area contributed by atoms with Crippen LogP contribution in [0.4, 0.5) is 0 Å². The first-order chi connectivity index (χ1) is 25.9. The van der Waals surface area contributed by atoms with Crippen molar-refractivity contribution in [3.8, 4) is 0 Å². The summed E-state index contributed by atoms with van der Waals surface area (Å²) in [5.74, 6) is -0.707. The van der Waals surface area contributed by atoms with Crippen LogP contribution in [0.5, 0.6) is 0 Å². The molecule has 0 saturated carbocycles. The van der Waals surface area contributed by atoms with Crippen molar-refractivity contribution in [2.24, 2.45) is 0 Å². The van der Waals surface area contributed by atoms with Gasteiger partial charge in [0.25, 0.3) is 0 Å². The highest BCUT2D eigenvalue weighted by Gasteiger charge is 2.48. The van der Waals surface area contributed by atoms with Gasteiger partial charge in [0, 0.05) is 0 Å². The van der Waals surface area contributed by atoms with Crippen molar-refractivity contribution < 1.29 is 57.0 Å². The number of allylic oxidation sites excluding steroid dienone is 1. The van der Waals surface area contributed by atoms with Crippen LogP contribution in [0.2, 0.25) is 0 Å². The van der Waals surface area contributed by atoms with Crippen molar-refractivity contribution in [3.63, 3.8) is 0 Å². The van der Waals surface area contributed by atoms with Gasteiger partial charge in [-0.15, -0.1) is 0 Å². The minimum Gasteiger partial charge on any atom is -0.394 e. The van der Waals surface area contributed by atoms with Crippen LogP contribution in [-0.2, 0) is 28.9 Å². The molecule has 0 spiro atoms. The summed E-state index contributed by atoms with van der Waals surface area (Å²) in [5, 5.41) is 54.6. The smallest absolute Gasteiger partial charge is 0.394 e. The highest BCUT2D eigenvalue weighted by molar-refractivity contribution is 7.80. The van der Waals surface area contributed by atoms with E-state index in [-0.39, 0.29) is 6.42 Å². The highest BCUT2D eigenvalue weighted by Crippen LogP contribution is 2.26. The number of aliphatic hydroxyl groups excluding tert-OH is 5. The van der Waals surface area contributed by atoms with Gasteiger partial charge in [-0.25, -0.2) is 4.18 Å². The third kappa shape index (κ3) is 24.4. The second-order valence-corrected chi connectivity index (χ2v) is 16.1. The fourth-order valence-electron chi connectivity index (χ4n) is 6.75. The lowest BCUT2D eigenvalue weighted by Gasteiger charge is -2.41. The average Bonchev–Trinajstić information content (AvgIpc) is 3.14. The Hall–Kier alpha value is -1.20. The number of nitrogens with one attached hydrogen (secondary N) is 1. The van der Waals surface area contributed by atoms with Gasteiger partial charge >= 0.3 is 10.4 Å². The number of amides is 1. The number of hydrogen-bond acceptors (Lipinski definition) is 11. The summed E-state index contributed by atoms with van der Waals surface area (Å²) >= 11 is 0. The van der Waals surface area contributed by atoms with E-state index in [0.717, 1.165) is 38.5 Å². The molecule has 1 aliphatic rings. The third-order valence-corrected chi connectivity index (χ3v) is 10.6. The molecule has 0 radical (unpaired) electrons. The number of carbonyl (C=O) groups excluding carboxylic acids is 1. The van der Waals surface area contributed by atoms with Crippen LogP contribution in [0.1, 0.15) is 174 Å². The first-order valence-electron chi connectivity index (χ1n) is 21.2. The van der Waals surface area contributed by atoms with Gasteiger partial charge in [0.1, 0.15) is 30.5 Å². The molecule has 0 aromatic carbocycles. The maximum Gasteiger partial charge on any atom is 0.397 e. The zero-order chi connectivity index (χ0) is 40.0. The van der Waals surface area contributed by atoms with E-state index in [1.165, 1.54) is 109 Å². The third-order valence-electron chi connectivity index (χ3n) is 10.2. The molecule has 8 unspecified atom stereocenters. The summed E-state index contributed by atoms with van der Waals surface area (Å²) in [6.07, 6.45) is 21.0. The van der Waals surface area contributed by atoms with E-state index >= 15 is 0 Å². The summed E-state index contributed by atoms with van der Waals surface area (Å²) in [7, 11) is -5.10. The maximum atomic E-state index is 13.0. The number of ether oxygens (including phenoxy) is 2. The van der Waals surface area contributed by atoms with E-state index in [1.54, 1.807) is 6.08 Å². The quantitative estimate of drug-likeness (QED) is 0.0218. The Balaban J connectivity index is 2.40. The van der Waals surface area contributed by atoms with Crippen molar-refractivity contribution in [2.45, 2.75) is 223 Å². The molecule has 0 aliphatic carbocycles. The van der Waals surface area contributed by atoms with Crippen molar-refractivity contribution >= 4 is 16.3 Å². The molecule has 14 heteroatoms. The molecule has 320 valence electrons. The number of aliphatic hydroxyl groups is 5. The van der Waals surface area contributed by atoms with Crippen LogP contribution in [0.3, 0.4) is 0 Å². The number of rotatable bonds is 35. The standard InChI is InChI=1S/C40H77NO12S/c1-3-5-7-9-10-11-12-13-14-15-16-17-18-19-20-21-22-23-25-27-29-34(44)39(47)41-32(33(43)28-26-24-8-6-4-2)31-51-40-37(46)38(53-54(48,49)50)36(45)35(30-42)52-40/h26,28,32-38,40,42-46H,3-25,27,29-31H2,1-2H3,(H,41,47)(H,48,49,50)/b28-26+. The number of unbranched alkanes of at least 4 members (excludes halogenated alkanes) is 22. The summed E-state index contributed by atoms with van der Waals surface area (Å²) < 4.78 is 47.1. The van der Waals surface area contributed by atoms with Crippen LogP contribution in [-0.4, -0.2) is 107 Å². The fraction of sp³-hybridized carbons (Fsp3) is 0.925. The van der Waals surface area contributed by atoms with Gasteiger partial charge in [0.2, 0.25) is 5.91 Å². The van der Waals surface area contributed by atoms with Gasteiger partial charge in [-0.2, -0.15) is 8.42 Å². The topological polar surface area (TPSA) is 212 Å². The van der Waals surface area contributed by atoms with Gasteiger partial charge < -0.3 is 40.3 Å². The molecule has 8 atom stereocenters. The first-order valence-corrected chi connectivity index (χ1v) is 22.5. The molecule has 13 nitrogen and oxygen atoms in total. The van der Waals surface area contributed by atoms with Crippen molar-refractivity contribution in [3.05, 3.63) is 12.2 Å². The van der Waals surface area contributed by atoms with Gasteiger partial charge in [-0.1, -0.05) is 167 Å². The Morgan fingerprint density at radius 3 is 1.67 bits per heavy atom. The monoisotopic (exact) mass is 796 g/mol. The van der Waals surface area contributed by atoms with Crippen LogP contribution < -0.4 is 5.32 Å². The molecule has 1 amide bonds. The molecule has 0 aromatic heterocycles. The normalized spacial score (nSPS) is 22.4. The second-order valence-electron chi connectivity index (χ2n) is 15.1. The Bertz CT molecular complexity index is 1050. The van der Waals surface area contributed by atoms with Gasteiger partial charge in [0.05, 0.1) is 25.4 Å². The van der Waals surface area contributed by atoms with Crippen LogP contribution in [0.25, 0.3) is 0 Å².